The smallest absolute Gasteiger partial charge is 0.264 e. The minimum atomic E-state index is -3.58. The summed E-state index contributed by atoms with van der Waals surface area (Å²) in [5.74, 6) is 0.470. The summed E-state index contributed by atoms with van der Waals surface area (Å²) in [6, 6.07) is 5.83. The van der Waals surface area contributed by atoms with E-state index in [0.717, 1.165) is 35.3 Å². The summed E-state index contributed by atoms with van der Waals surface area (Å²) in [4.78, 5) is 4.19. The number of benzene rings is 1. The van der Waals surface area contributed by atoms with Crippen molar-refractivity contribution >= 4 is 27.0 Å². The highest BCUT2D eigenvalue weighted by atomic mass is 32.2. The van der Waals surface area contributed by atoms with Crippen LogP contribution in [-0.4, -0.2) is 19.9 Å². The van der Waals surface area contributed by atoms with Crippen LogP contribution in [0.3, 0.4) is 0 Å². The zero-order chi connectivity index (χ0) is 15.9. The Labute approximate surface area is 135 Å². The van der Waals surface area contributed by atoms with Gasteiger partial charge in [-0.2, -0.15) is 8.42 Å². The molecule has 4 nitrogen and oxygen atoms in total. The molecular formula is C16H20N2O2S2. The summed E-state index contributed by atoms with van der Waals surface area (Å²) in [6.45, 7) is 6.40. The van der Waals surface area contributed by atoms with Crippen LogP contribution in [0.1, 0.15) is 29.7 Å². The van der Waals surface area contributed by atoms with Crippen molar-refractivity contribution in [3.63, 3.8) is 0 Å². The lowest BCUT2D eigenvalue weighted by Crippen LogP contribution is -2.33. The molecule has 22 heavy (non-hydrogen) atoms. The average molecular weight is 336 g/mol. The molecule has 1 aromatic heterocycles. The second kappa shape index (κ2) is 5.66. The van der Waals surface area contributed by atoms with Crippen molar-refractivity contribution in [1.82, 2.24) is 4.98 Å². The lowest BCUT2D eigenvalue weighted by molar-refractivity contribution is 0.587. The zero-order valence-corrected chi connectivity index (χ0v) is 14.7. The Bertz CT molecular complexity index is 792. The number of aryl methyl sites for hydroxylation is 3. The second-order valence-corrected chi connectivity index (χ2v) is 8.90. The van der Waals surface area contributed by atoms with Crippen molar-refractivity contribution in [3.05, 3.63) is 40.4 Å². The second-order valence-electron chi connectivity index (χ2n) is 6.00. The number of hydrogen-bond donors (Lipinski definition) is 0. The zero-order valence-electron chi connectivity index (χ0n) is 13.0. The van der Waals surface area contributed by atoms with Gasteiger partial charge >= 0.3 is 0 Å². The molecule has 0 spiro atoms. The average Bonchev–Trinajstić information content (AvgIpc) is 3.18. The minimum Gasteiger partial charge on any atom is -0.264 e. The normalized spacial score (nSPS) is 15.0. The molecule has 118 valence electrons. The Balaban J connectivity index is 2.03. The van der Waals surface area contributed by atoms with Crippen LogP contribution in [0.4, 0.5) is 5.69 Å². The molecule has 1 fully saturated rings. The number of rotatable bonds is 5. The maximum atomic E-state index is 13.0. The maximum Gasteiger partial charge on any atom is 0.291 e. The number of sulfonamides is 1. The van der Waals surface area contributed by atoms with Gasteiger partial charge in [-0.25, -0.2) is 4.98 Å². The molecule has 0 aliphatic heterocycles. The Morgan fingerprint density at radius 2 is 1.95 bits per heavy atom. The summed E-state index contributed by atoms with van der Waals surface area (Å²) in [5.41, 5.74) is 3.75. The minimum absolute atomic E-state index is 0.184. The Hall–Kier alpha value is -1.40. The van der Waals surface area contributed by atoms with Gasteiger partial charge in [-0.1, -0.05) is 6.07 Å². The molecule has 1 aromatic carbocycles. The van der Waals surface area contributed by atoms with E-state index in [4.69, 9.17) is 0 Å². The first kappa shape index (κ1) is 15.5. The van der Waals surface area contributed by atoms with Crippen molar-refractivity contribution in [2.45, 2.75) is 38.0 Å². The van der Waals surface area contributed by atoms with Crippen molar-refractivity contribution in [1.29, 1.82) is 0 Å². The van der Waals surface area contributed by atoms with E-state index in [2.05, 4.69) is 4.98 Å². The van der Waals surface area contributed by atoms with E-state index in [0.29, 0.717) is 12.5 Å². The molecule has 1 saturated carbocycles. The molecule has 0 saturated heterocycles. The van der Waals surface area contributed by atoms with Crippen LogP contribution in [0.15, 0.2) is 27.9 Å². The number of nitrogens with zero attached hydrogens (tertiary/aromatic N) is 2. The van der Waals surface area contributed by atoms with Gasteiger partial charge in [0.15, 0.2) is 0 Å². The third-order valence-electron chi connectivity index (χ3n) is 4.01. The molecule has 2 aromatic rings. The number of thiazole rings is 1. The van der Waals surface area contributed by atoms with E-state index in [-0.39, 0.29) is 4.34 Å². The van der Waals surface area contributed by atoms with E-state index < -0.39 is 10.0 Å². The quantitative estimate of drug-likeness (QED) is 0.837. The maximum absolute atomic E-state index is 13.0. The van der Waals surface area contributed by atoms with E-state index in [1.807, 2.05) is 39.0 Å². The van der Waals surface area contributed by atoms with E-state index in [1.165, 1.54) is 15.6 Å². The molecule has 0 radical (unpaired) electrons. The van der Waals surface area contributed by atoms with Crippen LogP contribution < -0.4 is 4.31 Å². The number of anilines is 1. The molecule has 0 atom stereocenters. The summed E-state index contributed by atoms with van der Waals surface area (Å²) < 4.78 is 27.7. The Morgan fingerprint density at radius 3 is 2.50 bits per heavy atom. The van der Waals surface area contributed by atoms with Crippen LogP contribution in [0, 0.1) is 26.7 Å². The summed E-state index contributed by atoms with van der Waals surface area (Å²) in [5, 5.41) is 1.78. The van der Waals surface area contributed by atoms with Gasteiger partial charge in [0.25, 0.3) is 10.0 Å². The predicted octanol–water partition coefficient (Wildman–Crippen LogP) is 3.67. The van der Waals surface area contributed by atoms with Crippen molar-refractivity contribution < 1.29 is 8.42 Å². The molecule has 0 unspecified atom stereocenters. The van der Waals surface area contributed by atoms with Gasteiger partial charge in [-0.05, 0) is 62.8 Å². The molecule has 1 heterocycles. The van der Waals surface area contributed by atoms with Crippen LogP contribution in [0.25, 0.3) is 0 Å². The predicted molar refractivity (Wildman–Crippen MR) is 90.0 cm³/mol. The fourth-order valence-electron chi connectivity index (χ4n) is 2.30. The van der Waals surface area contributed by atoms with Gasteiger partial charge in [0.1, 0.15) is 0 Å². The molecule has 3 rings (SSSR count). The van der Waals surface area contributed by atoms with Crippen molar-refractivity contribution in [2.24, 2.45) is 5.92 Å². The molecule has 0 amide bonds. The van der Waals surface area contributed by atoms with Gasteiger partial charge in [-0.15, -0.1) is 11.3 Å². The highest BCUT2D eigenvalue weighted by Crippen LogP contribution is 2.35. The molecule has 0 N–H and O–H groups in total. The first-order valence-electron chi connectivity index (χ1n) is 7.40. The molecular weight excluding hydrogens is 316 g/mol. The van der Waals surface area contributed by atoms with Crippen LogP contribution >= 0.6 is 11.3 Å². The number of aromatic nitrogens is 1. The van der Waals surface area contributed by atoms with E-state index in [9.17, 15) is 8.42 Å². The van der Waals surface area contributed by atoms with E-state index in [1.54, 1.807) is 5.38 Å². The van der Waals surface area contributed by atoms with Gasteiger partial charge in [0.2, 0.25) is 4.34 Å². The van der Waals surface area contributed by atoms with Crippen LogP contribution in [0.2, 0.25) is 0 Å². The standard InChI is InChI=1S/C16H20N2O2S2/c1-11-4-7-15(8-12(11)2)18(9-14-5-6-14)22(19,20)16-17-13(3)10-21-16/h4,7-8,10,14H,5-6,9H2,1-3H3. The molecule has 1 aliphatic carbocycles. The topological polar surface area (TPSA) is 50.3 Å². The monoisotopic (exact) mass is 336 g/mol. The van der Waals surface area contributed by atoms with Crippen molar-refractivity contribution in [2.75, 3.05) is 10.8 Å². The fourth-order valence-corrected chi connectivity index (χ4v) is 4.97. The Kier molecular flexibility index (Phi) is 3.99. The van der Waals surface area contributed by atoms with Gasteiger partial charge < -0.3 is 0 Å². The lowest BCUT2D eigenvalue weighted by atomic mass is 10.1. The highest BCUT2D eigenvalue weighted by Gasteiger charge is 2.33. The SMILES string of the molecule is Cc1csc(S(=O)(=O)N(CC2CC2)c2ccc(C)c(C)c2)n1. The van der Waals surface area contributed by atoms with Gasteiger partial charge in [0, 0.05) is 17.6 Å². The van der Waals surface area contributed by atoms with Gasteiger partial charge in [0.05, 0.1) is 5.69 Å². The van der Waals surface area contributed by atoms with Crippen molar-refractivity contribution in [3.8, 4) is 0 Å². The van der Waals surface area contributed by atoms with Gasteiger partial charge in [-0.3, -0.25) is 4.31 Å². The van der Waals surface area contributed by atoms with Crippen LogP contribution in [0.5, 0.6) is 0 Å². The molecule has 1 aliphatic rings. The largest absolute Gasteiger partial charge is 0.291 e. The summed E-state index contributed by atoms with van der Waals surface area (Å²) >= 11 is 1.19. The Morgan fingerprint density at radius 1 is 1.23 bits per heavy atom. The van der Waals surface area contributed by atoms with Crippen LogP contribution in [-0.2, 0) is 10.0 Å². The highest BCUT2D eigenvalue weighted by molar-refractivity contribution is 7.94. The first-order chi connectivity index (χ1) is 10.4. The molecule has 0 bridgehead atoms. The third-order valence-corrected chi connectivity index (χ3v) is 7.15. The summed E-state index contributed by atoms with van der Waals surface area (Å²) in [6.07, 6.45) is 2.21. The van der Waals surface area contributed by atoms with E-state index >= 15 is 0 Å². The number of hydrogen-bond acceptors (Lipinski definition) is 4. The third kappa shape index (κ3) is 3.03. The first-order valence-corrected chi connectivity index (χ1v) is 9.72. The fraction of sp³-hybridized carbons (Fsp3) is 0.438. The summed E-state index contributed by atoms with van der Waals surface area (Å²) in [7, 11) is -3.58. The molecule has 6 heteroatoms. The lowest BCUT2D eigenvalue weighted by Gasteiger charge is -2.24.